The second-order valence-corrected chi connectivity index (χ2v) is 4.55. The molecule has 0 rings (SSSR count). The SMILES string of the molecule is CCCCCCCC(C)C#CC(C)C. The molecule has 0 bridgehead atoms. The first-order valence-electron chi connectivity index (χ1n) is 6.17. The van der Waals surface area contributed by atoms with E-state index in [2.05, 4.69) is 39.5 Å². The maximum Gasteiger partial charge on any atom is 0.0174 e. The van der Waals surface area contributed by atoms with Crippen LogP contribution in [0, 0.1) is 23.7 Å². The van der Waals surface area contributed by atoms with Crippen LogP contribution in [0.1, 0.15) is 66.2 Å². The molecule has 0 aliphatic heterocycles. The van der Waals surface area contributed by atoms with Crippen LogP contribution in [-0.2, 0) is 0 Å². The highest BCUT2D eigenvalue weighted by Gasteiger charge is 1.97. The molecule has 0 heteroatoms. The number of hydrogen-bond acceptors (Lipinski definition) is 0. The van der Waals surface area contributed by atoms with E-state index >= 15 is 0 Å². The molecule has 0 aliphatic carbocycles. The summed E-state index contributed by atoms with van der Waals surface area (Å²) in [7, 11) is 0. The van der Waals surface area contributed by atoms with E-state index in [1.54, 1.807) is 0 Å². The van der Waals surface area contributed by atoms with Crippen LogP contribution in [0.25, 0.3) is 0 Å². The van der Waals surface area contributed by atoms with Crippen molar-refractivity contribution in [2.75, 3.05) is 0 Å². The monoisotopic (exact) mass is 194 g/mol. The lowest BCUT2D eigenvalue weighted by atomic mass is 10.0. The van der Waals surface area contributed by atoms with Gasteiger partial charge in [0.2, 0.25) is 0 Å². The van der Waals surface area contributed by atoms with E-state index in [4.69, 9.17) is 0 Å². The molecule has 0 radical (unpaired) electrons. The third-order valence-electron chi connectivity index (χ3n) is 2.36. The summed E-state index contributed by atoms with van der Waals surface area (Å²) in [6.45, 7) is 8.81. The fourth-order valence-electron chi connectivity index (χ4n) is 1.44. The van der Waals surface area contributed by atoms with Gasteiger partial charge in [0.1, 0.15) is 0 Å². The Hall–Kier alpha value is -0.440. The maximum absolute atomic E-state index is 3.32. The zero-order valence-electron chi connectivity index (χ0n) is 10.4. The van der Waals surface area contributed by atoms with Crippen molar-refractivity contribution in [1.82, 2.24) is 0 Å². The zero-order chi connectivity index (χ0) is 10.8. The van der Waals surface area contributed by atoms with E-state index in [1.165, 1.54) is 38.5 Å². The average molecular weight is 194 g/mol. The van der Waals surface area contributed by atoms with Crippen molar-refractivity contribution in [3.8, 4) is 11.8 Å². The highest BCUT2D eigenvalue weighted by molar-refractivity contribution is 5.04. The summed E-state index contributed by atoms with van der Waals surface area (Å²) >= 11 is 0. The molecule has 0 amide bonds. The molecule has 0 aliphatic rings. The molecule has 0 saturated heterocycles. The van der Waals surface area contributed by atoms with Crippen molar-refractivity contribution in [3.05, 3.63) is 0 Å². The number of unbranched alkanes of at least 4 members (excludes halogenated alkanes) is 4. The summed E-state index contributed by atoms with van der Waals surface area (Å²) < 4.78 is 0. The average Bonchev–Trinajstić information content (AvgIpc) is 2.14. The van der Waals surface area contributed by atoms with E-state index in [-0.39, 0.29) is 0 Å². The Bertz CT molecular complexity index is 168. The second kappa shape index (κ2) is 9.13. The quantitative estimate of drug-likeness (QED) is 0.427. The van der Waals surface area contributed by atoms with Crippen LogP contribution in [0.15, 0.2) is 0 Å². The van der Waals surface area contributed by atoms with Gasteiger partial charge in [0, 0.05) is 11.8 Å². The first-order chi connectivity index (χ1) is 6.66. The van der Waals surface area contributed by atoms with Crippen LogP contribution in [0.4, 0.5) is 0 Å². The van der Waals surface area contributed by atoms with Crippen molar-refractivity contribution in [2.24, 2.45) is 11.8 Å². The molecule has 0 aromatic carbocycles. The molecule has 1 unspecified atom stereocenters. The van der Waals surface area contributed by atoms with E-state index in [0.717, 1.165) is 0 Å². The summed E-state index contributed by atoms with van der Waals surface area (Å²) in [5.74, 6) is 7.69. The Morgan fingerprint density at radius 3 is 2.07 bits per heavy atom. The Kier molecular flexibility index (Phi) is 8.84. The Labute approximate surface area is 90.5 Å². The van der Waals surface area contributed by atoms with E-state index in [0.29, 0.717) is 11.8 Å². The van der Waals surface area contributed by atoms with Gasteiger partial charge in [-0.15, -0.1) is 5.92 Å². The van der Waals surface area contributed by atoms with Gasteiger partial charge in [-0.1, -0.05) is 65.7 Å². The van der Waals surface area contributed by atoms with Crippen molar-refractivity contribution < 1.29 is 0 Å². The number of rotatable bonds is 6. The summed E-state index contributed by atoms with van der Waals surface area (Å²) in [6.07, 6.45) is 8.16. The van der Waals surface area contributed by atoms with Gasteiger partial charge in [-0.25, -0.2) is 0 Å². The molecule has 0 saturated carbocycles. The van der Waals surface area contributed by atoms with Gasteiger partial charge in [-0.05, 0) is 6.42 Å². The standard InChI is InChI=1S/C14H26/c1-5-6-7-8-9-10-14(4)12-11-13(2)3/h13-14H,5-10H2,1-4H3. The molecule has 0 aromatic rings. The van der Waals surface area contributed by atoms with Crippen LogP contribution in [0.2, 0.25) is 0 Å². The van der Waals surface area contributed by atoms with Gasteiger partial charge in [0.15, 0.2) is 0 Å². The molecule has 0 heterocycles. The highest BCUT2D eigenvalue weighted by Crippen LogP contribution is 2.10. The first kappa shape index (κ1) is 13.6. The third-order valence-corrected chi connectivity index (χ3v) is 2.36. The minimum Gasteiger partial charge on any atom is -0.100 e. The van der Waals surface area contributed by atoms with Gasteiger partial charge < -0.3 is 0 Å². The van der Waals surface area contributed by atoms with Crippen LogP contribution in [0.5, 0.6) is 0 Å². The minimum atomic E-state index is 0.526. The molecule has 0 N–H and O–H groups in total. The largest absolute Gasteiger partial charge is 0.100 e. The topological polar surface area (TPSA) is 0 Å². The molecule has 14 heavy (non-hydrogen) atoms. The summed E-state index contributed by atoms with van der Waals surface area (Å²) in [5.41, 5.74) is 0. The third kappa shape index (κ3) is 9.65. The van der Waals surface area contributed by atoms with Crippen molar-refractivity contribution in [3.63, 3.8) is 0 Å². The molecule has 82 valence electrons. The summed E-state index contributed by atoms with van der Waals surface area (Å²) in [6, 6.07) is 0. The normalized spacial score (nSPS) is 12.4. The lowest BCUT2D eigenvalue weighted by molar-refractivity contribution is 0.559. The smallest absolute Gasteiger partial charge is 0.0174 e. The predicted molar refractivity (Wildman–Crippen MR) is 65.2 cm³/mol. The molecule has 1 atom stereocenters. The first-order valence-corrected chi connectivity index (χ1v) is 6.17. The fraction of sp³-hybridized carbons (Fsp3) is 0.857. The molecule has 0 nitrogen and oxygen atoms in total. The highest BCUT2D eigenvalue weighted by atomic mass is 14.0. The van der Waals surface area contributed by atoms with Crippen LogP contribution < -0.4 is 0 Å². The molecular formula is C14H26. The molecule has 0 spiro atoms. The Morgan fingerprint density at radius 1 is 0.857 bits per heavy atom. The van der Waals surface area contributed by atoms with E-state index in [1.807, 2.05) is 0 Å². The van der Waals surface area contributed by atoms with Crippen molar-refractivity contribution in [1.29, 1.82) is 0 Å². The maximum atomic E-state index is 3.32. The predicted octanol–water partition coefficient (Wildman–Crippen LogP) is 4.64. The van der Waals surface area contributed by atoms with Crippen LogP contribution in [-0.4, -0.2) is 0 Å². The van der Waals surface area contributed by atoms with Crippen molar-refractivity contribution >= 4 is 0 Å². The van der Waals surface area contributed by atoms with Gasteiger partial charge >= 0.3 is 0 Å². The Balaban J connectivity index is 3.37. The van der Waals surface area contributed by atoms with Gasteiger partial charge in [-0.2, -0.15) is 0 Å². The second-order valence-electron chi connectivity index (χ2n) is 4.55. The lowest BCUT2D eigenvalue weighted by Gasteiger charge is -2.03. The number of hydrogen-bond donors (Lipinski definition) is 0. The van der Waals surface area contributed by atoms with Gasteiger partial charge in [-0.3, -0.25) is 0 Å². The summed E-state index contributed by atoms with van der Waals surface area (Å²) in [4.78, 5) is 0. The molecule has 0 aromatic heterocycles. The molecule has 0 fully saturated rings. The zero-order valence-corrected chi connectivity index (χ0v) is 10.4. The summed E-state index contributed by atoms with van der Waals surface area (Å²) in [5, 5.41) is 0. The lowest BCUT2D eigenvalue weighted by Crippen LogP contribution is -1.91. The molecular weight excluding hydrogens is 168 g/mol. The van der Waals surface area contributed by atoms with Gasteiger partial charge in [0.05, 0.1) is 0 Å². The van der Waals surface area contributed by atoms with E-state index < -0.39 is 0 Å². The van der Waals surface area contributed by atoms with Crippen LogP contribution >= 0.6 is 0 Å². The Morgan fingerprint density at radius 2 is 1.50 bits per heavy atom. The van der Waals surface area contributed by atoms with E-state index in [9.17, 15) is 0 Å². The minimum absolute atomic E-state index is 0.526. The van der Waals surface area contributed by atoms with Gasteiger partial charge in [0.25, 0.3) is 0 Å². The fourth-order valence-corrected chi connectivity index (χ4v) is 1.44. The van der Waals surface area contributed by atoms with Crippen molar-refractivity contribution in [2.45, 2.75) is 66.2 Å². The van der Waals surface area contributed by atoms with Crippen LogP contribution in [0.3, 0.4) is 0 Å².